The molecule has 2 nitrogen and oxygen atoms in total. The van der Waals surface area contributed by atoms with Gasteiger partial charge in [0.05, 0.1) is 11.2 Å². The summed E-state index contributed by atoms with van der Waals surface area (Å²) >= 11 is 0. The van der Waals surface area contributed by atoms with Crippen LogP contribution in [0.3, 0.4) is 0 Å². The van der Waals surface area contributed by atoms with Crippen molar-refractivity contribution in [3.63, 3.8) is 0 Å². The molecule has 0 saturated carbocycles. The Morgan fingerprint density at radius 3 is 2.40 bits per heavy atom. The molecule has 0 bridgehead atoms. The first-order valence-corrected chi connectivity index (χ1v) is 6.65. The first-order chi connectivity index (χ1) is 9.19. The van der Waals surface area contributed by atoms with Crippen LogP contribution in [0.4, 0.5) is 13.2 Å². The van der Waals surface area contributed by atoms with Gasteiger partial charge in [-0.15, -0.1) is 0 Å². The van der Waals surface area contributed by atoms with E-state index < -0.39 is 17.3 Å². The van der Waals surface area contributed by atoms with E-state index in [1.54, 1.807) is 13.2 Å². The van der Waals surface area contributed by atoms with Crippen LogP contribution in [0.2, 0.25) is 0 Å². The van der Waals surface area contributed by atoms with Gasteiger partial charge in [0.2, 0.25) is 0 Å². The summed E-state index contributed by atoms with van der Waals surface area (Å²) in [6, 6.07) is 5.29. The smallest absolute Gasteiger partial charge is 0.379 e. The van der Waals surface area contributed by atoms with Crippen LogP contribution in [0.25, 0.3) is 0 Å². The Labute approximate surface area is 118 Å². The van der Waals surface area contributed by atoms with Gasteiger partial charge in [-0.1, -0.05) is 19.1 Å². The van der Waals surface area contributed by atoms with Gasteiger partial charge in [-0.05, 0) is 44.5 Å². The molecule has 0 aromatic heterocycles. The zero-order valence-corrected chi connectivity index (χ0v) is 12.3. The van der Waals surface area contributed by atoms with Gasteiger partial charge < -0.3 is 10.1 Å². The summed E-state index contributed by atoms with van der Waals surface area (Å²) in [5.41, 5.74) is -0.388. The molecule has 1 rings (SSSR count). The van der Waals surface area contributed by atoms with E-state index in [-0.39, 0.29) is 6.04 Å². The molecule has 20 heavy (non-hydrogen) atoms. The van der Waals surface area contributed by atoms with E-state index >= 15 is 0 Å². The SMILES string of the molecule is CCNC(CC(C)(C)OC)c1cccc(C(F)(F)F)c1. The van der Waals surface area contributed by atoms with Crippen molar-refractivity contribution < 1.29 is 17.9 Å². The number of benzene rings is 1. The second-order valence-corrected chi connectivity index (χ2v) is 5.40. The zero-order chi connectivity index (χ0) is 15.4. The fraction of sp³-hybridized carbons (Fsp3) is 0.600. The van der Waals surface area contributed by atoms with Crippen molar-refractivity contribution in [1.82, 2.24) is 5.32 Å². The third-order valence-electron chi connectivity index (χ3n) is 3.32. The molecule has 0 saturated heterocycles. The van der Waals surface area contributed by atoms with Crippen LogP contribution in [-0.2, 0) is 10.9 Å². The molecule has 0 aliphatic rings. The van der Waals surface area contributed by atoms with Gasteiger partial charge >= 0.3 is 6.18 Å². The van der Waals surface area contributed by atoms with Crippen molar-refractivity contribution in [1.29, 1.82) is 0 Å². The van der Waals surface area contributed by atoms with Crippen molar-refractivity contribution in [3.05, 3.63) is 35.4 Å². The molecular formula is C15H22F3NO. The lowest BCUT2D eigenvalue weighted by Crippen LogP contribution is -2.32. The van der Waals surface area contributed by atoms with Gasteiger partial charge in [-0.3, -0.25) is 0 Å². The molecule has 0 spiro atoms. The summed E-state index contributed by atoms with van der Waals surface area (Å²) in [4.78, 5) is 0. The number of hydrogen-bond donors (Lipinski definition) is 1. The molecule has 0 aliphatic carbocycles. The second kappa shape index (κ2) is 6.59. The van der Waals surface area contributed by atoms with E-state index in [0.717, 1.165) is 6.07 Å². The highest BCUT2D eigenvalue weighted by Crippen LogP contribution is 2.32. The van der Waals surface area contributed by atoms with Crippen LogP contribution in [0.5, 0.6) is 0 Å². The minimum Gasteiger partial charge on any atom is -0.379 e. The van der Waals surface area contributed by atoms with Crippen molar-refractivity contribution in [3.8, 4) is 0 Å². The molecule has 5 heteroatoms. The number of nitrogens with one attached hydrogen (secondary N) is 1. The summed E-state index contributed by atoms with van der Waals surface area (Å²) in [5.74, 6) is 0. The van der Waals surface area contributed by atoms with Gasteiger partial charge in [-0.25, -0.2) is 0 Å². The molecule has 1 aromatic rings. The van der Waals surface area contributed by atoms with Gasteiger partial charge in [0.25, 0.3) is 0 Å². The molecule has 1 atom stereocenters. The second-order valence-electron chi connectivity index (χ2n) is 5.40. The average Bonchev–Trinajstić information content (AvgIpc) is 2.37. The van der Waals surface area contributed by atoms with Crippen LogP contribution in [0.1, 0.15) is 44.4 Å². The molecule has 0 fully saturated rings. The van der Waals surface area contributed by atoms with Gasteiger partial charge in [0.1, 0.15) is 0 Å². The molecule has 1 unspecified atom stereocenters. The number of hydrogen-bond acceptors (Lipinski definition) is 2. The van der Waals surface area contributed by atoms with Crippen molar-refractivity contribution in [2.75, 3.05) is 13.7 Å². The Bertz CT molecular complexity index is 429. The van der Waals surface area contributed by atoms with E-state index in [1.807, 2.05) is 20.8 Å². The van der Waals surface area contributed by atoms with E-state index in [1.165, 1.54) is 12.1 Å². The largest absolute Gasteiger partial charge is 0.416 e. The molecule has 0 radical (unpaired) electrons. The van der Waals surface area contributed by atoms with E-state index in [0.29, 0.717) is 18.5 Å². The molecule has 1 aromatic carbocycles. The monoisotopic (exact) mass is 289 g/mol. The number of halogens is 3. The zero-order valence-electron chi connectivity index (χ0n) is 12.3. The van der Waals surface area contributed by atoms with Crippen molar-refractivity contribution in [2.45, 2.75) is 45.0 Å². The summed E-state index contributed by atoms with van der Waals surface area (Å²) in [6.45, 7) is 6.46. The maximum Gasteiger partial charge on any atom is 0.416 e. The molecule has 0 amide bonds. The third-order valence-corrected chi connectivity index (χ3v) is 3.32. The van der Waals surface area contributed by atoms with E-state index in [9.17, 15) is 13.2 Å². The van der Waals surface area contributed by atoms with Crippen LogP contribution in [-0.4, -0.2) is 19.3 Å². The quantitative estimate of drug-likeness (QED) is 0.848. The topological polar surface area (TPSA) is 21.3 Å². The predicted octanol–water partition coefficient (Wildman–Crippen LogP) is 4.17. The normalized spacial score (nSPS) is 14.3. The van der Waals surface area contributed by atoms with Crippen molar-refractivity contribution in [2.24, 2.45) is 0 Å². The molecular weight excluding hydrogens is 267 g/mol. The van der Waals surface area contributed by atoms with Gasteiger partial charge in [0.15, 0.2) is 0 Å². The fourth-order valence-corrected chi connectivity index (χ4v) is 2.06. The molecule has 0 heterocycles. The van der Waals surface area contributed by atoms with E-state index in [2.05, 4.69) is 5.32 Å². The minimum absolute atomic E-state index is 0.169. The van der Waals surface area contributed by atoms with Gasteiger partial charge in [-0.2, -0.15) is 13.2 Å². The number of rotatable bonds is 6. The van der Waals surface area contributed by atoms with Crippen LogP contribution < -0.4 is 5.32 Å². The third kappa shape index (κ3) is 4.80. The molecule has 114 valence electrons. The Balaban J connectivity index is 3.03. The Morgan fingerprint density at radius 1 is 1.25 bits per heavy atom. The average molecular weight is 289 g/mol. The lowest BCUT2D eigenvalue weighted by molar-refractivity contribution is -0.137. The summed E-state index contributed by atoms with van der Waals surface area (Å²) in [7, 11) is 1.61. The van der Waals surface area contributed by atoms with Gasteiger partial charge in [0, 0.05) is 13.2 Å². The predicted molar refractivity (Wildman–Crippen MR) is 73.6 cm³/mol. The first kappa shape index (κ1) is 17.0. The Hall–Kier alpha value is -1.07. The maximum atomic E-state index is 12.8. The molecule has 0 aliphatic heterocycles. The van der Waals surface area contributed by atoms with Crippen LogP contribution in [0, 0.1) is 0 Å². The van der Waals surface area contributed by atoms with Crippen LogP contribution in [0.15, 0.2) is 24.3 Å². The highest BCUT2D eigenvalue weighted by Gasteiger charge is 2.31. The summed E-state index contributed by atoms with van der Waals surface area (Å²) in [6.07, 6.45) is -3.72. The Kier molecular flexibility index (Phi) is 5.59. The molecule has 1 N–H and O–H groups in total. The fourth-order valence-electron chi connectivity index (χ4n) is 2.06. The summed E-state index contributed by atoms with van der Waals surface area (Å²) in [5, 5.41) is 3.22. The lowest BCUT2D eigenvalue weighted by atomic mass is 9.92. The van der Waals surface area contributed by atoms with Crippen LogP contribution >= 0.6 is 0 Å². The highest BCUT2D eigenvalue weighted by molar-refractivity contribution is 5.28. The van der Waals surface area contributed by atoms with Crippen molar-refractivity contribution >= 4 is 0 Å². The van der Waals surface area contributed by atoms with E-state index in [4.69, 9.17) is 4.74 Å². The number of methoxy groups -OCH3 is 1. The Morgan fingerprint density at radius 2 is 1.90 bits per heavy atom. The number of ether oxygens (including phenoxy) is 1. The first-order valence-electron chi connectivity index (χ1n) is 6.65. The minimum atomic E-state index is -4.32. The summed E-state index contributed by atoms with van der Waals surface area (Å²) < 4.78 is 43.7. The standard InChI is InChI=1S/C15H22F3NO/c1-5-19-13(10-14(2,3)20-4)11-7-6-8-12(9-11)15(16,17)18/h6-9,13,19H,5,10H2,1-4H3. The highest BCUT2D eigenvalue weighted by atomic mass is 19.4. The number of alkyl halides is 3. The maximum absolute atomic E-state index is 12.8. The lowest BCUT2D eigenvalue weighted by Gasteiger charge is -2.29.